The van der Waals surface area contributed by atoms with Crippen molar-refractivity contribution < 1.29 is 13.5 Å². The van der Waals surface area contributed by atoms with Crippen LogP contribution in [0.1, 0.15) is 20.8 Å². The zero-order chi connectivity index (χ0) is 10.9. The van der Waals surface area contributed by atoms with E-state index in [9.17, 15) is 13.5 Å². The second-order valence-electron chi connectivity index (χ2n) is 3.93. The predicted octanol–water partition coefficient (Wildman–Crippen LogP) is 1.06. The Morgan fingerprint density at radius 1 is 1.64 bits per heavy atom. The molecule has 0 saturated heterocycles. The van der Waals surface area contributed by atoms with Crippen LogP contribution in [0.25, 0.3) is 0 Å². The van der Waals surface area contributed by atoms with Crippen molar-refractivity contribution in [1.82, 2.24) is 0 Å². The molecule has 1 aliphatic rings. The van der Waals surface area contributed by atoms with Crippen molar-refractivity contribution >= 4 is 9.84 Å². The van der Waals surface area contributed by atoms with Gasteiger partial charge < -0.3 is 5.11 Å². The third-order valence-corrected chi connectivity index (χ3v) is 4.34. The molecule has 0 aliphatic carbocycles. The molecular formula is C10H16O3S. The number of aliphatic hydroxyl groups is 1. The van der Waals surface area contributed by atoms with E-state index in [1.54, 1.807) is 19.1 Å². The molecule has 0 bridgehead atoms. The molecule has 1 rings (SSSR count). The van der Waals surface area contributed by atoms with Gasteiger partial charge in [0, 0.05) is 0 Å². The van der Waals surface area contributed by atoms with Gasteiger partial charge in [0.15, 0.2) is 9.84 Å². The summed E-state index contributed by atoms with van der Waals surface area (Å²) in [6, 6.07) is 0. The maximum absolute atomic E-state index is 11.6. The Labute approximate surface area is 85.1 Å². The lowest BCUT2D eigenvalue weighted by Crippen LogP contribution is -2.31. The number of aliphatic hydroxyl groups excluding tert-OH is 1. The van der Waals surface area contributed by atoms with Crippen molar-refractivity contribution in [2.45, 2.75) is 32.1 Å². The minimum absolute atomic E-state index is 0.0527. The van der Waals surface area contributed by atoms with Crippen LogP contribution in [0, 0.1) is 0 Å². The van der Waals surface area contributed by atoms with Crippen LogP contribution in [0.15, 0.2) is 23.3 Å². The van der Waals surface area contributed by atoms with E-state index in [4.69, 9.17) is 0 Å². The fourth-order valence-corrected chi connectivity index (χ4v) is 3.53. The molecule has 2 unspecified atom stereocenters. The lowest BCUT2D eigenvalue weighted by molar-refractivity contribution is 0.225. The minimum Gasteiger partial charge on any atom is -0.387 e. The van der Waals surface area contributed by atoms with Crippen LogP contribution in [0.5, 0.6) is 0 Å². The Kier molecular flexibility index (Phi) is 3.17. The average Bonchev–Trinajstić information content (AvgIpc) is 2.24. The molecule has 3 nitrogen and oxygen atoms in total. The van der Waals surface area contributed by atoms with Crippen LogP contribution in [0.2, 0.25) is 0 Å². The number of rotatable bonds is 2. The summed E-state index contributed by atoms with van der Waals surface area (Å²) in [5.41, 5.74) is 1.67. The fraction of sp³-hybridized carbons (Fsp3) is 0.600. The van der Waals surface area contributed by atoms with E-state index >= 15 is 0 Å². The molecule has 4 heteroatoms. The summed E-state index contributed by atoms with van der Waals surface area (Å²) in [5, 5.41) is 8.99. The summed E-state index contributed by atoms with van der Waals surface area (Å²) >= 11 is 0. The van der Waals surface area contributed by atoms with Crippen LogP contribution in [0.4, 0.5) is 0 Å². The Morgan fingerprint density at radius 3 is 2.57 bits per heavy atom. The fourth-order valence-electron chi connectivity index (χ4n) is 1.66. The number of hydrogen-bond donors (Lipinski definition) is 1. The zero-order valence-corrected chi connectivity index (χ0v) is 9.50. The van der Waals surface area contributed by atoms with E-state index in [1.807, 2.05) is 13.8 Å². The summed E-state index contributed by atoms with van der Waals surface area (Å²) in [7, 11) is -3.17. The first-order valence-electron chi connectivity index (χ1n) is 4.56. The van der Waals surface area contributed by atoms with E-state index in [1.165, 1.54) is 0 Å². The molecule has 0 saturated carbocycles. The Balaban J connectivity index is 2.97. The van der Waals surface area contributed by atoms with E-state index in [0.29, 0.717) is 0 Å². The summed E-state index contributed by atoms with van der Waals surface area (Å²) in [4.78, 5) is 0. The van der Waals surface area contributed by atoms with Crippen LogP contribution in [-0.2, 0) is 9.84 Å². The van der Waals surface area contributed by atoms with Crippen molar-refractivity contribution in [3.05, 3.63) is 23.3 Å². The second kappa shape index (κ2) is 3.87. The van der Waals surface area contributed by atoms with Gasteiger partial charge in [-0.15, -0.1) is 0 Å². The number of hydrogen-bond acceptors (Lipinski definition) is 3. The maximum atomic E-state index is 11.6. The van der Waals surface area contributed by atoms with E-state index < -0.39 is 21.2 Å². The van der Waals surface area contributed by atoms with Crippen molar-refractivity contribution in [2.24, 2.45) is 0 Å². The molecule has 0 aromatic rings. The summed E-state index contributed by atoms with van der Waals surface area (Å²) in [6.07, 6.45) is 2.34. The molecular weight excluding hydrogens is 200 g/mol. The molecule has 0 radical (unpaired) electrons. The highest BCUT2D eigenvalue weighted by Crippen LogP contribution is 2.24. The first-order chi connectivity index (χ1) is 6.34. The second-order valence-corrected chi connectivity index (χ2v) is 6.10. The molecule has 0 spiro atoms. The first-order valence-corrected chi connectivity index (χ1v) is 6.27. The molecule has 1 N–H and O–H groups in total. The highest BCUT2D eigenvalue weighted by Gasteiger charge is 2.36. The summed E-state index contributed by atoms with van der Waals surface area (Å²) < 4.78 is 23.1. The normalized spacial score (nSPS) is 26.9. The molecule has 0 aromatic carbocycles. The van der Waals surface area contributed by atoms with E-state index in [0.717, 1.165) is 11.1 Å². The molecule has 0 fully saturated rings. The van der Waals surface area contributed by atoms with Gasteiger partial charge in [-0.25, -0.2) is 8.42 Å². The van der Waals surface area contributed by atoms with Gasteiger partial charge in [0.05, 0.1) is 11.9 Å². The van der Waals surface area contributed by atoms with Gasteiger partial charge in [0.1, 0.15) is 5.25 Å². The predicted molar refractivity (Wildman–Crippen MR) is 56.8 cm³/mol. The van der Waals surface area contributed by atoms with Gasteiger partial charge in [-0.3, -0.25) is 0 Å². The van der Waals surface area contributed by atoms with E-state index in [2.05, 4.69) is 0 Å². The number of allylic oxidation sites excluding steroid dienone is 1. The quantitative estimate of drug-likeness (QED) is 0.702. The van der Waals surface area contributed by atoms with Crippen LogP contribution in [-0.4, -0.2) is 30.6 Å². The topological polar surface area (TPSA) is 54.4 Å². The molecule has 14 heavy (non-hydrogen) atoms. The Hall–Kier alpha value is -0.610. The van der Waals surface area contributed by atoms with Gasteiger partial charge in [0.2, 0.25) is 0 Å². The largest absolute Gasteiger partial charge is 0.387 e. The minimum atomic E-state index is -3.17. The lowest BCUT2D eigenvalue weighted by Gasteiger charge is -2.16. The van der Waals surface area contributed by atoms with Gasteiger partial charge in [-0.2, -0.15) is 0 Å². The summed E-state index contributed by atoms with van der Waals surface area (Å²) in [6.45, 7) is 5.42. The molecule has 80 valence electrons. The number of sulfone groups is 1. The smallest absolute Gasteiger partial charge is 0.163 e. The molecule has 0 amide bonds. The maximum Gasteiger partial charge on any atom is 0.163 e. The lowest BCUT2D eigenvalue weighted by atomic mass is 10.1. The SMILES string of the molecule is CC(C)=CC(O)C1C(C)=CCS1(=O)=O. The summed E-state index contributed by atoms with van der Waals surface area (Å²) in [5.74, 6) is 0.0527. The highest BCUT2D eigenvalue weighted by atomic mass is 32.2. The van der Waals surface area contributed by atoms with E-state index in [-0.39, 0.29) is 5.75 Å². The van der Waals surface area contributed by atoms with Gasteiger partial charge >= 0.3 is 0 Å². The van der Waals surface area contributed by atoms with Crippen molar-refractivity contribution in [2.75, 3.05) is 5.75 Å². The van der Waals surface area contributed by atoms with Crippen LogP contribution in [0.3, 0.4) is 0 Å². The molecule has 1 heterocycles. The van der Waals surface area contributed by atoms with Crippen LogP contribution >= 0.6 is 0 Å². The Morgan fingerprint density at radius 2 is 2.21 bits per heavy atom. The van der Waals surface area contributed by atoms with Crippen molar-refractivity contribution in [1.29, 1.82) is 0 Å². The monoisotopic (exact) mass is 216 g/mol. The average molecular weight is 216 g/mol. The molecule has 1 aliphatic heterocycles. The van der Waals surface area contributed by atoms with Gasteiger partial charge in [-0.05, 0) is 20.8 Å². The Bertz CT molecular complexity index is 372. The molecule has 2 atom stereocenters. The van der Waals surface area contributed by atoms with Crippen molar-refractivity contribution in [3.63, 3.8) is 0 Å². The third-order valence-electron chi connectivity index (χ3n) is 2.29. The van der Waals surface area contributed by atoms with Gasteiger partial charge in [-0.1, -0.05) is 23.3 Å². The standard InChI is InChI=1S/C10H16O3S/c1-7(2)6-9(11)10-8(3)4-5-14(10,12)13/h4,6,9-11H,5H2,1-3H3. The van der Waals surface area contributed by atoms with Crippen LogP contribution < -0.4 is 0 Å². The van der Waals surface area contributed by atoms with Crippen molar-refractivity contribution in [3.8, 4) is 0 Å². The van der Waals surface area contributed by atoms with Gasteiger partial charge in [0.25, 0.3) is 0 Å². The molecule has 0 aromatic heterocycles. The zero-order valence-electron chi connectivity index (χ0n) is 8.69. The third kappa shape index (κ3) is 2.25. The first kappa shape index (κ1) is 11.5. The highest BCUT2D eigenvalue weighted by molar-refractivity contribution is 7.92.